The van der Waals surface area contributed by atoms with E-state index in [1.165, 1.54) is 11.8 Å². The SMILES string of the molecule is O=C(CSc1nnc(-c2cccs2)n1C1CC1)N(Cc1cccs1)C1CCS(=O)(=O)C1. The number of amides is 1. The molecule has 0 spiro atoms. The molecule has 1 unspecified atom stereocenters. The van der Waals surface area contributed by atoms with Crippen molar-refractivity contribution in [2.45, 2.75) is 43.0 Å². The molecule has 1 aliphatic heterocycles. The standard InChI is InChI=1S/C20H22N4O3S4/c25-18(23(11-16-3-1-8-28-16)15-7-10-31(26,27)13-15)12-30-20-22-21-19(17-4-2-9-29-17)24(20)14-5-6-14/h1-4,8-9,14-15H,5-7,10-13H2. The molecule has 3 aromatic rings. The summed E-state index contributed by atoms with van der Waals surface area (Å²) in [7, 11) is -3.07. The molecule has 11 heteroatoms. The summed E-state index contributed by atoms with van der Waals surface area (Å²) in [6.45, 7) is 0.451. The van der Waals surface area contributed by atoms with Gasteiger partial charge in [0.25, 0.3) is 0 Å². The Morgan fingerprint density at radius 1 is 1.16 bits per heavy atom. The van der Waals surface area contributed by atoms with Crippen molar-refractivity contribution in [3.63, 3.8) is 0 Å². The quantitative estimate of drug-likeness (QED) is 0.444. The van der Waals surface area contributed by atoms with E-state index in [0.29, 0.717) is 19.0 Å². The van der Waals surface area contributed by atoms with Crippen LogP contribution in [0.15, 0.2) is 40.2 Å². The molecule has 4 heterocycles. The summed E-state index contributed by atoms with van der Waals surface area (Å²) in [6.07, 6.45) is 2.70. The first-order valence-electron chi connectivity index (χ1n) is 10.1. The molecule has 0 bridgehead atoms. The van der Waals surface area contributed by atoms with Crippen LogP contribution in [-0.4, -0.2) is 57.3 Å². The molecule has 1 atom stereocenters. The van der Waals surface area contributed by atoms with Gasteiger partial charge in [-0.05, 0) is 42.2 Å². The Balaban J connectivity index is 1.33. The van der Waals surface area contributed by atoms with Crippen LogP contribution in [0.2, 0.25) is 0 Å². The van der Waals surface area contributed by atoms with Crippen molar-refractivity contribution < 1.29 is 13.2 Å². The first kappa shape index (κ1) is 21.2. The Morgan fingerprint density at radius 2 is 1.97 bits per heavy atom. The van der Waals surface area contributed by atoms with E-state index >= 15 is 0 Å². The number of thioether (sulfide) groups is 1. The van der Waals surface area contributed by atoms with E-state index in [1.807, 2.05) is 35.0 Å². The smallest absolute Gasteiger partial charge is 0.233 e. The highest BCUT2D eigenvalue weighted by Gasteiger charge is 2.35. The van der Waals surface area contributed by atoms with Crippen LogP contribution in [0.1, 0.15) is 30.2 Å². The van der Waals surface area contributed by atoms with Crippen LogP contribution >= 0.6 is 34.4 Å². The normalized spacial score (nSPS) is 20.2. The van der Waals surface area contributed by atoms with Crippen molar-refractivity contribution >= 4 is 50.2 Å². The van der Waals surface area contributed by atoms with Gasteiger partial charge >= 0.3 is 0 Å². The Kier molecular flexibility index (Phi) is 5.93. The van der Waals surface area contributed by atoms with Gasteiger partial charge < -0.3 is 4.90 Å². The first-order valence-corrected chi connectivity index (χ1v) is 14.7. The van der Waals surface area contributed by atoms with E-state index in [9.17, 15) is 13.2 Å². The minimum absolute atomic E-state index is 0.0512. The summed E-state index contributed by atoms with van der Waals surface area (Å²) in [6, 6.07) is 8.11. The number of nitrogens with zero attached hydrogens (tertiary/aromatic N) is 4. The van der Waals surface area contributed by atoms with E-state index in [2.05, 4.69) is 14.8 Å². The second-order valence-electron chi connectivity index (χ2n) is 7.83. The van der Waals surface area contributed by atoms with Crippen molar-refractivity contribution in [3.05, 3.63) is 39.9 Å². The van der Waals surface area contributed by atoms with Gasteiger partial charge in [0.05, 0.1) is 28.7 Å². The fourth-order valence-corrected chi connectivity index (χ4v) is 7.86. The summed E-state index contributed by atoms with van der Waals surface area (Å²) in [5.74, 6) is 1.24. The van der Waals surface area contributed by atoms with Crippen molar-refractivity contribution in [2.75, 3.05) is 17.3 Å². The van der Waals surface area contributed by atoms with Crippen molar-refractivity contribution in [1.29, 1.82) is 0 Å². The average Bonchev–Trinajstić information content (AvgIpc) is 3.21. The van der Waals surface area contributed by atoms with Crippen LogP contribution in [-0.2, 0) is 21.2 Å². The van der Waals surface area contributed by atoms with E-state index in [1.54, 1.807) is 27.6 Å². The lowest BCUT2D eigenvalue weighted by Gasteiger charge is -2.27. The second-order valence-corrected chi connectivity index (χ2v) is 13.0. The molecule has 0 N–H and O–H groups in total. The zero-order valence-electron chi connectivity index (χ0n) is 16.7. The lowest BCUT2D eigenvalue weighted by Crippen LogP contribution is -2.41. The van der Waals surface area contributed by atoms with Gasteiger partial charge in [-0.15, -0.1) is 32.9 Å². The minimum atomic E-state index is -3.07. The zero-order chi connectivity index (χ0) is 21.4. The maximum atomic E-state index is 13.2. The predicted molar refractivity (Wildman–Crippen MR) is 124 cm³/mol. The zero-order valence-corrected chi connectivity index (χ0v) is 20.0. The molecule has 2 aliphatic rings. The van der Waals surface area contributed by atoms with Gasteiger partial charge in [-0.25, -0.2) is 8.42 Å². The first-order chi connectivity index (χ1) is 15.0. The van der Waals surface area contributed by atoms with Crippen molar-refractivity contribution in [2.24, 2.45) is 0 Å². The Labute approximate surface area is 193 Å². The Hall–Kier alpha value is -1.69. The molecule has 5 rings (SSSR count). The van der Waals surface area contributed by atoms with Gasteiger partial charge in [0.2, 0.25) is 5.91 Å². The highest BCUT2D eigenvalue weighted by Crippen LogP contribution is 2.41. The van der Waals surface area contributed by atoms with Crippen LogP contribution in [0.4, 0.5) is 0 Å². The number of rotatable bonds is 8. The molecular formula is C20H22N4O3S4. The average molecular weight is 495 g/mol. The Morgan fingerprint density at radius 3 is 2.61 bits per heavy atom. The number of sulfone groups is 1. The third-order valence-electron chi connectivity index (χ3n) is 5.52. The summed E-state index contributed by atoms with van der Waals surface area (Å²) in [5.41, 5.74) is 0. The van der Waals surface area contributed by atoms with E-state index in [4.69, 9.17) is 0 Å². The van der Waals surface area contributed by atoms with Crippen LogP contribution in [0, 0.1) is 0 Å². The topological polar surface area (TPSA) is 85.2 Å². The molecule has 1 aliphatic carbocycles. The van der Waals surface area contributed by atoms with Crippen molar-refractivity contribution in [1.82, 2.24) is 19.7 Å². The van der Waals surface area contributed by atoms with Crippen LogP contribution in [0.25, 0.3) is 10.7 Å². The molecule has 2 fully saturated rings. The van der Waals surface area contributed by atoms with Gasteiger partial charge in [-0.1, -0.05) is 23.9 Å². The molecule has 7 nitrogen and oxygen atoms in total. The highest BCUT2D eigenvalue weighted by atomic mass is 32.2. The summed E-state index contributed by atoms with van der Waals surface area (Å²) >= 11 is 4.61. The van der Waals surface area contributed by atoms with Gasteiger partial charge in [-0.3, -0.25) is 9.36 Å². The lowest BCUT2D eigenvalue weighted by atomic mass is 10.2. The fraction of sp³-hybridized carbons (Fsp3) is 0.450. The summed E-state index contributed by atoms with van der Waals surface area (Å²) in [4.78, 5) is 17.1. The number of hydrogen-bond acceptors (Lipinski definition) is 8. The molecule has 0 aromatic carbocycles. The van der Waals surface area contributed by atoms with E-state index in [0.717, 1.165) is 33.6 Å². The molecule has 1 amide bonds. The number of carbonyl (C=O) groups is 1. The van der Waals surface area contributed by atoms with Crippen LogP contribution < -0.4 is 0 Å². The Bertz CT molecular complexity index is 1150. The number of thiophene rings is 2. The number of hydrogen-bond donors (Lipinski definition) is 0. The maximum Gasteiger partial charge on any atom is 0.233 e. The molecule has 31 heavy (non-hydrogen) atoms. The van der Waals surface area contributed by atoms with Gasteiger partial charge in [0.1, 0.15) is 0 Å². The number of carbonyl (C=O) groups excluding carboxylic acids is 1. The molecule has 1 saturated carbocycles. The monoisotopic (exact) mass is 494 g/mol. The van der Waals surface area contributed by atoms with E-state index in [-0.39, 0.29) is 29.2 Å². The van der Waals surface area contributed by atoms with Crippen LogP contribution in [0.5, 0.6) is 0 Å². The number of aromatic nitrogens is 3. The maximum absolute atomic E-state index is 13.2. The predicted octanol–water partition coefficient (Wildman–Crippen LogP) is 3.71. The molecular weight excluding hydrogens is 473 g/mol. The van der Waals surface area contributed by atoms with Gasteiger partial charge in [-0.2, -0.15) is 0 Å². The van der Waals surface area contributed by atoms with E-state index < -0.39 is 9.84 Å². The second kappa shape index (κ2) is 8.68. The summed E-state index contributed by atoms with van der Waals surface area (Å²) < 4.78 is 26.2. The third-order valence-corrected chi connectivity index (χ3v) is 9.92. The molecule has 1 saturated heterocycles. The molecule has 3 aromatic heterocycles. The van der Waals surface area contributed by atoms with Gasteiger partial charge in [0, 0.05) is 17.0 Å². The van der Waals surface area contributed by atoms with Crippen LogP contribution in [0.3, 0.4) is 0 Å². The highest BCUT2D eigenvalue weighted by molar-refractivity contribution is 7.99. The summed E-state index contributed by atoms with van der Waals surface area (Å²) in [5, 5.41) is 13.5. The van der Waals surface area contributed by atoms with Crippen molar-refractivity contribution in [3.8, 4) is 10.7 Å². The molecule has 164 valence electrons. The largest absolute Gasteiger partial charge is 0.333 e. The minimum Gasteiger partial charge on any atom is -0.333 e. The third kappa shape index (κ3) is 4.74. The fourth-order valence-electron chi connectivity index (χ4n) is 3.83. The molecule has 0 radical (unpaired) electrons. The van der Waals surface area contributed by atoms with Gasteiger partial charge in [0.15, 0.2) is 20.8 Å². The lowest BCUT2D eigenvalue weighted by molar-refractivity contribution is -0.130.